The quantitative estimate of drug-likeness (QED) is 0.926. The van der Waals surface area contributed by atoms with Crippen molar-refractivity contribution in [2.24, 2.45) is 0 Å². The van der Waals surface area contributed by atoms with Gasteiger partial charge in [-0.2, -0.15) is 0 Å². The first-order valence-corrected chi connectivity index (χ1v) is 6.01. The van der Waals surface area contributed by atoms with Gasteiger partial charge in [0.1, 0.15) is 6.04 Å². The molecule has 0 saturated heterocycles. The second-order valence-corrected chi connectivity index (χ2v) is 4.76. The van der Waals surface area contributed by atoms with Gasteiger partial charge in [0.05, 0.1) is 16.5 Å². The van der Waals surface area contributed by atoms with Crippen LogP contribution < -0.4 is 0 Å². The first-order chi connectivity index (χ1) is 8.32. The van der Waals surface area contributed by atoms with Crippen molar-refractivity contribution in [3.05, 3.63) is 33.8 Å². The molecule has 1 atom stereocenters. The number of halogens is 2. The largest absolute Gasteiger partial charge is 0.480 e. The monoisotopic (exact) mass is 289 g/mol. The second kappa shape index (κ2) is 6.07. The van der Waals surface area contributed by atoms with Gasteiger partial charge in [0.2, 0.25) is 5.91 Å². The van der Waals surface area contributed by atoms with Crippen molar-refractivity contribution in [3.8, 4) is 0 Å². The topological polar surface area (TPSA) is 57.6 Å². The van der Waals surface area contributed by atoms with Crippen molar-refractivity contribution in [2.45, 2.75) is 19.4 Å². The summed E-state index contributed by atoms with van der Waals surface area (Å²) in [5.74, 6) is -1.33. The average Bonchev–Trinajstić information content (AvgIpc) is 2.31. The summed E-state index contributed by atoms with van der Waals surface area (Å²) < 4.78 is 0. The van der Waals surface area contributed by atoms with Crippen LogP contribution in [0.15, 0.2) is 18.2 Å². The molecule has 98 valence electrons. The maximum atomic E-state index is 11.8. The van der Waals surface area contributed by atoms with Gasteiger partial charge in [0, 0.05) is 7.05 Å². The molecule has 1 rings (SSSR count). The van der Waals surface area contributed by atoms with Crippen LogP contribution >= 0.6 is 23.2 Å². The Bertz CT molecular complexity index is 476. The number of rotatable bonds is 4. The van der Waals surface area contributed by atoms with Crippen molar-refractivity contribution < 1.29 is 14.7 Å². The predicted octanol–water partition coefficient (Wildman–Crippen LogP) is 2.47. The van der Waals surface area contributed by atoms with Crippen LogP contribution in [0.25, 0.3) is 0 Å². The Kier molecular flexibility index (Phi) is 4.99. The zero-order chi connectivity index (χ0) is 13.9. The van der Waals surface area contributed by atoms with Crippen molar-refractivity contribution >= 4 is 35.1 Å². The number of amides is 1. The highest BCUT2D eigenvalue weighted by molar-refractivity contribution is 6.42. The third-order valence-electron chi connectivity index (χ3n) is 2.67. The molecule has 1 N–H and O–H groups in total. The van der Waals surface area contributed by atoms with E-state index in [2.05, 4.69) is 0 Å². The Hall–Kier alpha value is -1.26. The molecule has 1 aromatic rings. The minimum Gasteiger partial charge on any atom is -0.480 e. The van der Waals surface area contributed by atoms with E-state index in [-0.39, 0.29) is 12.3 Å². The van der Waals surface area contributed by atoms with Gasteiger partial charge in [-0.15, -0.1) is 0 Å². The number of hydrogen-bond acceptors (Lipinski definition) is 2. The molecule has 0 spiro atoms. The number of benzene rings is 1. The van der Waals surface area contributed by atoms with Crippen LogP contribution in [0.5, 0.6) is 0 Å². The Morgan fingerprint density at radius 1 is 1.33 bits per heavy atom. The normalized spacial score (nSPS) is 12.0. The minimum absolute atomic E-state index is 0.0883. The van der Waals surface area contributed by atoms with E-state index in [0.717, 1.165) is 0 Å². The maximum Gasteiger partial charge on any atom is 0.326 e. The molecule has 0 saturated carbocycles. The summed E-state index contributed by atoms with van der Waals surface area (Å²) >= 11 is 11.6. The Balaban J connectivity index is 2.75. The second-order valence-electron chi connectivity index (χ2n) is 3.94. The van der Waals surface area contributed by atoms with E-state index in [1.54, 1.807) is 18.2 Å². The number of carboxylic acids is 1. The maximum absolute atomic E-state index is 11.8. The molecule has 0 fully saturated rings. The van der Waals surface area contributed by atoms with Crippen LogP contribution in [0, 0.1) is 0 Å². The van der Waals surface area contributed by atoms with Gasteiger partial charge in [0.25, 0.3) is 0 Å². The zero-order valence-electron chi connectivity index (χ0n) is 9.98. The van der Waals surface area contributed by atoms with E-state index in [0.29, 0.717) is 15.6 Å². The van der Waals surface area contributed by atoms with E-state index in [1.165, 1.54) is 18.9 Å². The third-order valence-corrected chi connectivity index (χ3v) is 3.41. The van der Waals surface area contributed by atoms with Crippen LogP contribution in [0.1, 0.15) is 12.5 Å². The van der Waals surface area contributed by atoms with Crippen molar-refractivity contribution in [1.29, 1.82) is 0 Å². The van der Waals surface area contributed by atoms with Gasteiger partial charge < -0.3 is 10.0 Å². The summed E-state index contributed by atoms with van der Waals surface area (Å²) in [5, 5.41) is 9.60. The number of carbonyl (C=O) groups excluding carboxylic acids is 1. The molecule has 4 nitrogen and oxygen atoms in total. The summed E-state index contributed by atoms with van der Waals surface area (Å²) in [6, 6.07) is 4.03. The number of carbonyl (C=O) groups is 2. The molecule has 0 aliphatic rings. The molecule has 0 aromatic heterocycles. The van der Waals surface area contributed by atoms with Gasteiger partial charge in [-0.3, -0.25) is 4.79 Å². The first-order valence-electron chi connectivity index (χ1n) is 5.25. The highest BCUT2D eigenvalue weighted by Crippen LogP contribution is 2.23. The molecule has 0 bridgehead atoms. The fourth-order valence-electron chi connectivity index (χ4n) is 1.33. The molecular weight excluding hydrogens is 277 g/mol. The number of likely N-dealkylation sites (N-methyl/N-ethyl adjacent to an activating group) is 1. The third kappa shape index (κ3) is 3.62. The Morgan fingerprint density at radius 2 is 1.94 bits per heavy atom. The van der Waals surface area contributed by atoms with Crippen LogP contribution in [0.3, 0.4) is 0 Å². The summed E-state index contributed by atoms with van der Waals surface area (Å²) in [6.07, 6.45) is 0.0883. The van der Waals surface area contributed by atoms with E-state index in [1.807, 2.05) is 0 Å². The van der Waals surface area contributed by atoms with Crippen LogP contribution in [0.2, 0.25) is 10.0 Å². The lowest BCUT2D eigenvalue weighted by Gasteiger charge is -2.21. The number of aliphatic carboxylic acids is 1. The zero-order valence-corrected chi connectivity index (χ0v) is 11.5. The average molecular weight is 290 g/mol. The van der Waals surface area contributed by atoms with Crippen molar-refractivity contribution in [3.63, 3.8) is 0 Å². The Morgan fingerprint density at radius 3 is 2.44 bits per heavy atom. The first kappa shape index (κ1) is 14.8. The highest BCUT2D eigenvalue weighted by atomic mass is 35.5. The van der Waals surface area contributed by atoms with Gasteiger partial charge in [-0.1, -0.05) is 29.3 Å². The van der Waals surface area contributed by atoms with E-state index in [9.17, 15) is 9.59 Å². The molecule has 0 aliphatic heterocycles. The van der Waals surface area contributed by atoms with E-state index in [4.69, 9.17) is 28.3 Å². The van der Waals surface area contributed by atoms with Crippen LogP contribution in [-0.4, -0.2) is 35.0 Å². The summed E-state index contributed by atoms with van der Waals surface area (Å²) in [5.41, 5.74) is 0.693. The molecular formula is C12H13Cl2NO3. The molecule has 0 heterocycles. The number of nitrogens with zero attached hydrogens (tertiary/aromatic N) is 1. The summed E-state index contributed by atoms with van der Waals surface area (Å²) in [6.45, 7) is 1.45. The minimum atomic E-state index is -1.04. The SMILES string of the molecule is CC(C(=O)O)N(C)C(=O)Cc1ccc(Cl)c(Cl)c1. The lowest BCUT2D eigenvalue weighted by molar-refractivity contribution is -0.147. The fraction of sp³-hybridized carbons (Fsp3) is 0.333. The Labute approximate surface area is 115 Å². The number of carboxylic acid groups (broad SMARTS) is 1. The molecule has 1 amide bonds. The van der Waals surface area contributed by atoms with Gasteiger partial charge in [0.15, 0.2) is 0 Å². The molecule has 0 radical (unpaired) electrons. The molecule has 18 heavy (non-hydrogen) atoms. The van der Waals surface area contributed by atoms with Gasteiger partial charge in [-0.05, 0) is 24.6 Å². The lowest BCUT2D eigenvalue weighted by atomic mass is 10.1. The van der Waals surface area contributed by atoms with Gasteiger partial charge >= 0.3 is 5.97 Å². The molecule has 6 heteroatoms. The van der Waals surface area contributed by atoms with Crippen LogP contribution in [0.4, 0.5) is 0 Å². The molecule has 0 aliphatic carbocycles. The number of hydrogen-bond donors (Lipinski definition) is 1. The summed E-state index contributed by atoms with van der Waals surface area (Å²) in [4.78, 5) is 23.8. The van der Waals surface area contributed by atoms with E-state index < -0.39 is 12.0 Å². The molecule has 1 aromatic carbocycles. The van der Waals surface area contributed by atoms with Crippen molar-refractivity contribution in [1.82, 2.24) is 4.90 Å². The standard InChI is InChI=1S/C12H13Cl2NO3/c1-7(12(17)18)15(2)11(16)6-8-3-4-9(13)10(14)5-8/h3-5,7H,6H2,1-2H3,(H,17,18). The molecule has 1 unspecified atom stereocenters. The highest BCUT2D eigenvalue weighted by Gasteiger charge is 2.21. The summed E-state index contributed by atoms with van der Waals surface area (Å²) in [7, 11) is 1.46. The fourth-order valence-corrected chi connectivity index (χ4v) is 1.65. The van der Waals surface area contributed by atoms with Crippen molar-refractivity contribution in [2.75, 3.05) is 7.05 Å². The van der Waals surface area contributed by atoms with E-state index >= 15 is 0 Å². The van der Waals surface area contributed by atoms with Crippen LogP contribution in [-0.2, 0) is 16.0 Å². The lowest BCUT2D eigenvalue weighted by Crippen LogP contribution is -2.41. The predicted molar refractivity (Wildman–Crippen MR) is 70.0 cm³/mol. The van der Waals surface area contributed by atoms with Gasteiger partial charge in [-0.25, -0.2) is 4.79 Å². The smallest absolute Gasteiger partial charge is 0.326 e.